The second kappa shape index (κ2) is 7.75. The predicted molar refractivity (Wildman–Crippen MR) is 79.6 cm³/mol. The van der Waals surface area contributed by atoms with Crippen LogP contribution in [0.2, 0.25) is 0 Å². The Bertz CT molecular complexity index is 511. The van der Waals surface area contributed by atoms with Crippen molar-refractivity contribution in [3.63, 3.8) is 0 Å². The molecule has 0 fully saturated rings. The van der Waals surface area contributed by atoms with Crippen molar-refractivity contribution in [1.82, 2.24) is 4.90 Å². The third kappa shape index (κ3) is 4.42. The van der Waals surface area contributed by atoms with Crippen LogP contribution in [0.4, 0.5) is 0 Å². The van der Waals surface area contributed by atoms with E-state index in [2.05, 4.69) is 0 Å². The molecule has 0 radical (unpaired) electrons. The second-order valence-corrected chi connectivity index (χ2v) is 4.95. The standard InChI is InChI=1S/C16H18ClNO2/c17-10-11-18(13-14-5-2-1-3-6-14)16(19)9-8-15-7-4-12-20-15/h1-7,12H,8-11,13H2. The number of alkyl halides is 1. The van der Waals surface area contributed by atoms with Gasteiger partial charge in [-0.05, 0) is 17.7 Å². The highest BCUT2D eigenvalue weighted by atomic mass is 35.5. The lowest BCUT2D eigenvalue weighted by atomic mass is 10.2. The average molecular weight is 292 g/mol. The molecule has 0 saturated carbocycles. The molecule has 0 aliphatic carbocycles. The number of furan rings is 1. The van der Waals surface area contributed by atoms with Gasteiger partial charge in [0.2, 0.25) is 5.91 Å². The first-order valence-electron chi connectivity index (χ1n) is 6.69. The van der Waals surface area contributed by atoms with Gasteiger partial charge in [0.05, 0.1) is 6.26 Å². The van der Waals surface area contributed by atoms with Crippen molar-refractivity contribution in [2.45, 2.75) is 19.4 Å². The van der Waals surface area contributed by atoms with Gasteiger partial charge in [-0.15, -0.1) is 11.6 Å². The lowest BCUT2D eigenvalue weighted by Gasteiger charge is -2.21. The third-order valence-corrected chi connectivity index (χ3v) is 3.26. The highest BCUT2D eigenvalue weighted by Gasteiger charge is 2.14. The van der Waals surface area contributed by atoms with Gasteiger partial charge in [-0.2, -0.15) is 0 Å². The number of carbonyl (C=O) groups is 1. The predicted octanol–water partition coefficient (Wildman–Crippen LogP) is 3.48. The van der Waals surface area contributed by atoms with Crippen LogP contribution in [-0.4, -0.2) is 23.2 Å². The summed E-state index contributed by atoms with van der Waals surface area (Å²) in [7, 11) is 0. The molecule has 0 saturated heterocycles. The molecule has 3 nitrogen and oxygen atoms in total. The van der Waals surface area contributed by atoms with Crippen molar-refractivity contribution < 1.29 is 9.21 Å². The molecule has 0 N–H and O–H groups in total. The molecule has 0 spiro atoms. The van der Waals surface area contributed by atoms with Gasteiger partial charge in [0, 0.05) is 31.8 Å². The number of hydrogen-bond donors (Lipinski definition) is 0. The van der Waals surface area contributed by atoms with Crippen LogP contribution in [0.3, 0.4) is 0 Å². The van der Waals surface area contributed by atoms with E-state index < -0.39 is 0 Å². The van der Waals surface area contributed by atoms with Gasteiger partial charge in [-0.3, -0.25) is 4.79 Å². The number of amides is 1. The molecule has 1 aromatic carbocycles. The van der Waals surface area contributed by atoms with E-state index in [4.69, 9.17) is 16.0 Å². The van der Waals surface area contributed by atoms with Crippen LogP contribution in [0.1, 0.15) is 17.7 Å². The molecular formula is C16H18ClNO2. The fraction of sp³-hybridized carbons (Fsp3) is 0.312. The van der Waals surface area contributed by atoms with Crippen molar-refractivity contribution in [2.24, 2.45) is 0 Å². The molecule has 0 unspecified atom stereocenters. The fourth-order valence-electron chi connectivity index (χ4n) is 2.04. The molecule has 1 heterocycles. The van der Waals surface area contributed by atoms with Crippen LogP contribution in [0, 0.1) is 0 Å². The van der Waals surface area contributed by atoms with Crippen molar-refractivity contribution in [3.8, 4) is 0 Å². The SMILES string of the molecule is O=C(CCc1ccco1)N(CCCl)Cc1ccccc1. The summed E-state index contributed by atoms with van der Waals surface area (Å²) in [6.07, 6.45) is 2.69. The summed E-state index contributed by atoms with van der Waals surface area (Å²) in [6.45, 7) is 1.16. The maximum Gasteiger partial charge on any atom is 0.223 e. The van der Waals surface area contributed by atoms with E-state index in [0.717, 1.165) is 11.3 Å². The van der Waals surface area contributed by atoms with Crippen LogP contribution < -0.4 is 0 Å². The van der Waals surface area contributed by atoms with E-state index in [1.807, 2.05) is 42.5 Å². The zero-order valence-electron chi connectivity index (χ0n) is 11.3. The van der Waals surface area contributed by atoms with E-state index in [1.165, 1.54) is 0 Å². The summed E-state index contributed by atoms with van der Waals surface area (Å²) in [6, 6.07) is 13.7. The average Bonchev–Trinajstić information content (AvgIpc) is 2.99. The van der Waals surface area contributed by atoms with E-state index in [0.29, 0.717) is 31.8 Å². The first-order valence-corrected chi connectivity index (χ1v) is 7.23. The Kier molecular flexibility index (Phi) is 5.69. The van der Waals surface area contributed by atoms with Gasteiger partial charge >= 0.3 is 0 Å². The summed E-state index contributed by atoms with van der Waals surface area (Å²) in [4.78, 5) is 14.1. The molecule has 106 valence electrons. The van der Waals surface area contributed by atoms with E-state index in [9.17, 15) is 4.79 Å². The summed E-state index contributed by atoms with van der Waals surface area (Å²) in [5.74, 6) is 1.38. The molecule has 4 heteroatoms. The molecule has 1 amide bonds. The molecule has 20 heavy (non-hydrogen) atoms. The van der Waals surface area contributed by atoms with E-state index in [-0.39, 0.29) is 5.91 Å². The first-order chi connectivity index (χ1) is 9.79. The Morgan fingerprint density at radius 2 is 1.95 bits per heavy atom. The van der Waals surface area contributed by atoms with Crippen molar-refractivity contribution in [3.05, 3.63) is 60.1 Å². The highest BCUT2D eigenvalue weighted by Crippen LogP contribution is 2.09. The molecule has 0 aliphatic heterocycles. The number of nitrogens with zero attached hydrogens (tertiary/aromatic N) is 1. The molecule has 0 aliphatic rings. The number of carbonyl (C=O) groups excluding carboxylic acids is 1. The Labute approximate surface area is 124 Å². The molecule has 2 aromatic rings. The van der Waals surface area contributed by atoms with Gasteiger partial charge in [0.15, 0.2) is 0 Å². The number of rotatable bonds is 7. The quantitative estimate of drug-likeness (QED) is 0.732. The lowest BCUT2D eigenvalue weighted by Crippen LogP contribution is -2.32. The Hall–Kier alpha value is -1.74. The molecule has 0 bridgehead atoms. The lowest BCUT2D eigenvalue weighted by molar-refractivity contribution is -0.131. The summed E-state index contributed by atoms with van der Waals surface area (Å²) < 4.78 is 5.25. The monoisotopic (exact) mass is 291 g/mol. The second-order valence-electron chi connectivity index (χ2n) is 4.57. The molecule has 0 atom stereocenters. The van der Waals surface area contributed by atoms with Crippen LogP contribution in [0.5, 0.6) is 0 Å². The van der Waals surface area contributed by atoms with Crippen molar-refractivity contribution in [2.75, 3.05) is 12.4 Å². The highest BCUT2D eigenvalue weighted by molar-refractivity contribution is 6.18. The van der Waals surface area contributed by atoms with Gasteiger partial charge in [0.1, 0.15) is 5.76 Å². The summed E-state index contributed by atoms with van der Waals surface area (Å²) in [5.41, 5.74) is 1.11. The minimum atomic E-state index is 0.103. The summed E-state index contributed by atoms with van der Waals surface area (Å²) >= 11 is 5.79. The van der Waals surface area contributed by atoms with Crippen LogP contribution in [0.25, 0.3) is 0 Å². The van der Waals surface area contributed by atoms with Crippen molar-refractivity contribution >= 4 is 17.5 Å². The minimum absolute atomic E-state index is 0.103. The third-order valence-electron chi connectivity index (χ3n) is 3.09. The van der Waals surface area contributed by atoms with Gasteiger partial charge in [-0.1, -0.05) is 30.3 Å². The normalized spacial score (nSPS) is 10.4. The van der Waals surface area contributed by atoms with E-state index >= 15 is 0 Å². The summed E-state index contributed by atoms with van der Waals surface area (Å²) in [5, 5.41) is 0. The molecule has 2 rings (SSSR count). The van der Waals surface area contributed by atoms with Crippen LogP contribution >= 0.6 is 11.6 Å². The maximum absolute atomic E-state index is 12.3. The number of hydrogen-bond acceptors (Lipinski definition) is 2. The van der Waals surface area contributed by atoms with Crippen molar-refractivity contribution in [1.29, 1.82) is 0 Å². The number of halogens is 1. The Morgan fingerprint density at radius 3 is 2.60 bits per heavy atom. The maximum atomic E-state index is 12.3. The largest absolute Gasteiger partial charge is 0.469 e. The minimum Gasteiger partial charge on any atom is -0.469 e. The Morgan fingerprint density at radius 1 is 1.15 bits per heavy atom. The van der Waals surface area contributed by atoms with Gasteiger partial charge in [0.25, 0.3) is 0 Å². The molecule has 1 aromatic heterocycles. The van der Waals surface area contributed by atoms with Gasteiger partial charge < -0.3 is 9.32 Å². The first kappa shape index (κ1) is 14.7. The topological polar surface area (TPSA) is 33.5 Å². The van der Waals surface area contributed by atoms with Crippen LogP contribution in [-0.2, 0) is 17.8 Å². The Balaban J connectivity index is 1.91. The zero-order chi connectivity index (χ0) is 14.2. The number of aryl methyl sites for hydroxylation is 1. The molecular weight excluding hydrogens is 274 g/mol. The van der Waals surface area contributed by atoms with E-state index in [1.54, 1.807) is 11.2 Å². The smallest absolute Gasteiger partial charge is 0.223 e. The fourth-order valence-corrected chi connectivity index (χ4v) is 2.24. The number of benzene rings is 1. The van der Waals surface area contributed by atoms with Crippen LogP contribution in [0.15, 0.2) is 53.1 Å². The zero-order valence-corrected chi connectivity index (χ0v) is 12.1. The van der Waals surface area contributed by atoms with Gasteiger partial charge in [-0.25, -0.2) is 0 Å².